The van der Waals surface area contributed by atoms with Gasteiger partial charge < -0.3 is 10.2 Å². The summed E-state index contributed by atoms with van der Waals surface area (Å²) in [5.41, 5.74) is 0. The van der Waals surface area contributed by atoms with Gasteiger partial charge in [-0.2, -0.15) is 0 Å². The average molecular weight is 220 g/mol. The van der Waals surface area contributed by atoms with E-state index in [2.05, 4.69) is 27.1 Å². The lowest BCUT2D eigenvalue weighted by atomic mass is 10.2. The number of hydrogen-bond donors (Lipinski definition) is 1. The molecule has 2 rings (SSSR count). The fraction of sp³-hybridized carbons (Fsp3) is 0.667. The molecule has 1 fully saturated rings. The van der Waals surface area contributed by atoms with E-state index in [0.717, 1.165) is 31.9 Å². The summed E-state index contributed by atoms with van der Waals surface area (Å²) < 4.78 is 0. The van der Waals surface area contributed by atoms with Crippen LogP contribution >= 0.6 is 0 Å². The summed E-state index contributed by atoms with van der Waals surface area (Å²) in [5, 5.41) is 3.53. The maximum Gasteiger partial charge on any atom is 0.147 e. The van der Waals surface area contributed by atoms with Crippen molar-refractivity contribution in [1.29, 1.82) is 0 Å². The van der Waals surface area contributed by atoms with Gasteiger partial charge >= 0.3 is 0 Å². The number of hydrogen-bond acceptors (Lipinski definition) is 4. The maximum atomic E-state index is 4.38. The van der Waals surface area contributed by atoms with Gasteiger partial charge in [-0.3, -0.25) is 4.98 Å². The van der Waals surface area contributed by atoms with Crippen molar-refractivity contribution in [3.05, 3.63) is 18.6 Å². The van der Waals surface area contributed by atoms with Gasteiger partial charge in [0.2, 0.25) is 0 Å². The molecule has 1 saturated heterocycles. The van der Waals surface area contributed by atoms with E-state index in [1.54, 1.807) is 12.4 Å². The number of rotatable bonds is 5. The van der Waals surface area contributed by atoms with Crippen molar-refractivity contribution in [3.8, 4) is 0 Å². The van der Waals surface area contributed by atoms with Crippen LogP contribution in [0.1, 0.15) is 26.2 Å². The molecule has 88 valence electrons. The van der Waals surface area contributed by atoms with Gasteiger partial charge in [0.05, 0.1) is 6.20 Å². The van der Waals surface area contributed by atoms with E-state index in [1.807, 2.05) is 6.20 Å². The Morgan fingerprint density at radius 2 is 2.44 bits per heavy atom. The van der Waals surface area contributed by atoms with Crippen LogP contribution in [0.15, 0.2) is 18.6 Å². The second-order valence-corrected chi connectivity index (χ2v) is 4.30. The molecule has 1 unspecified atom stereocenters. The van der Waals surface area contributed by atoms with Crippen molar-refractivity contribution in [2.24, 2.45) is 0 Å². The Balaban J connectivity index is 1.99. The quantitative estimate of drug-likeness (QED) is 0.815. The van der Waals surface area contributed by atoms with E-state index >= 15 is 0 Å². The molecule has 0 spiro atoms. The lowest BCUT2D eigenvalue weighted by Gasteiger charge is -2.26. The molecule has 0 amide bonds. The van der Waals surface area contributed by atoms with Crippen LogP contribution in [0, 0.1) is 0 Å². The summed E-state index contributed by atoms with van der Waals surface area (Å²) in [7, 11) is 0. The Morgan fingerprint density at radius 3 is 3.06 bits per heavy atom. The first-order chi connectivity index (χ1) is 7.90. The van der Waals surface area contributed by atoms with Crippen LogP contribution in [0.3, 0.4) is 0 Å². The van der Waals surface area contributed by atoms with Gasteiger partial charge in [-0.05, 0) is 25.8 Å². The molecule has 16 heavy (non-hydrogen) atoms. The molecule has 4 heteroatoms. The van der Waals surface area contributed by atoms with Gasteiger partial charge in [0.25, 0.3) is 0 Å². The Labute approximate surface area is 97.1 Å². The second-order valence-electron chi connectivity index (χ2n) is 4.30. The first kappa shape index (κ1) is 11.3. The summed E-state index contributed by atoms with van der Waals surface area (Å²) in [5.74, 6) is 0.998. The van der Waals surface area contributed by atoms with Gasteiger partial charge in [-0.15, -0.1) is 0 Å². The smallest absolute Gasteiger partial charge is 0.147 e. The zero-order valence-corrected chi connectivity index (χ0v) is 9.89. The molecule has 2 heterocycles. The number of anilines is 1. The number of nitrogens with one attached hydrogen (secondary N) is 1. The minimum atomic E-state index is 0.619. The summed E-state index contributed by atoms with van der Waals surface area (Å²) in [6, 6.07) is 0.619. The second kappa shape index (κ2) is 5.80. The molecule has 0 radical (unpaired) electrons. The van der Waals surface area contributed by atoms with Crippen LogP contribution in [0.4, 0.5) is 5.82 Å². The van der Waals surface area contributed by atoms with Crippen molar-refractivity contribution in [1.82, 2.24) is 15.3 Å². The molecule has 0 aromatic carbocycles. The van der Waals surface area contributed by atoms with E-state index in [-0.39, 0.29) is 0 Å². The third-order valence-corrected chi connectivity index (χ3v) is 2.97. The fourth-order valence-corrected chi connectivity index (χ4v) is 2.20. The van der Waals surface area contributed by atoms with Crippen molar-refractivity contribution in [3.63, 3.8) is 0 Å². The first-order valence-corrected chi connectivity index (χ1v) is 6.14. The highest BCUT2D eigenvalue weighted by molar-refractivity contribution is 5.35. The van der Waals surface area contributed by atoms with Gasteiger partial charge in [-0.1, -0.05) is 6.92 Å². The normalized spacial score (nSPS) is 19.9. The third kappa shape index (κ3) is 2.92. The number of nitrogens with zero attached hydrogens (tertiary/aromatic N) is 3. The largest absolute Gasteiger partial charge is 0.354 e. The molecule has 4 nitrogen and oxygen atoms in total. The van der Waals surface area contributed by atoms with Crippen LogP contribution in [0.5, 0.6) is 0 Å². The zero-order chi connectivity index (χ0) is 11.2. The maximum absolute atomic E-state index is 4.38. The van der Waals surface area contributed by atoms with Gasteiger partial charge in [0, 0.05) is 31.5 Å². The predicted octanol–water partition coefficient (Wildman–Crippen LogP) is 1.44. The highest BCUT2D eigenvalue weighted by Crippen LogP contribution is 2.13. The molecule has 1 aromatic heterocycles. The van der Waals surface area contributed by atoms with Gasteiger partial charge in [0.1, 0.15) is 5.82 Å². The summed E-state index contributed by atoms with van der Waals surface area (Å²) in [4.78, 5) is 10.8. The topological polar surface area (TPSA) is 41.0 Å². The highest BCUT2D eigenvalue weighted by atomic mass is 15.2. The summed E-state index contributed by atoms with van der Waals surface area (Å²) >= 11 is 0. The Bertz CT molecular complexity index is 295. The van der Waals surface area contributed by atoms with Crippen LogP contribution in [-0.4, -0.2) is 35.6 Å². The van der Waals surface area contributed by atoms with Crippen molar-refractivity contribution < 1.29 is 0 Å². The fourth-order valence-electron chi connectivity index (χ4n) is 2.20. The highest BCUT2D eigenvalue weighted by Gasteiger charge is 2.18. The van der Waals surface area contributed by atoms with Crippen molar-refractivity contribution in [2.75, 3.05) is 24.5 Å². The Kier molecular flexibility index (Phi) is 4.10. The van der Waals surface area contributed by atoms with Crippen LogP contribution in [0.2, 0.25) is 0 Å². The molecule has 0 aliphatic carbocycles. The van der Waals surface area contributed by atoms with Gasteiger partial charge in [0.15, 0.2) is 0 Å². The summed E-state index contributed by atoms with van der Waals surface area (Å²) in [6.45, 7) is 5.46. The van der Waals surface area contributed by atoms with Crippen molar-refractivity contribution in [2.45, 2.75) is 32.2 Å². The van der Waals surface area contributed by atoms with E-state index in [4.69, 9.17) is 0 Å². The lowest BCUT2D eigenvalue weighted by Crippen LogP contribution is -2.38. The van der Waals surface area contributed by atoms with Crippen LogP contribution in [0.25, 0.3) is 0 Å². The zero-order valence-electron chi connectivity index (χ0n) is 9.89. The van der Waals surface area contributed by atoms with E-state index in [9.17, 15) is 0 Å². The SMILES string of the molecule is CCCN(CC1CCCN1)c1cnccn1. The van der Waals surface area contributed by atoms with E-state index in [0.29, 0.717) is 6.04 Å². The lowest BCUT2D eigenvalue weighted by molar-refractivity contribution is 0.575. The number of aromatic nitrogens is 2. The molecular formula is C12H20N4. The van der Waals surface area contributed by atoms with Crippen LogP contribution in [-0.2, 0) is 0 Å². The average Bonchev–Trinajstić information content (AvgIpc) is 2.83. The summed E-state index contributed by atoms with van der Waals surface area (Å²) in [6.07, 6.45) is 9.06. The molecule has 1 aliphatic rings. The van der Waals surface area contributed by atoms with Crippen LogP contribution < -0.4 is 10.2 Å². The third-order valence-electron chi connectivity index (χ3n) is 2.97. The molecule has 1 aromatic rings. The first-order valence-electron chi connectivity index (χ1n) is 6.14. The van der Waals surface area contributed by atoms with E-state index < -0.39 is 0 Å². The predicted molar refractivity (Wildman–Crippen MR) is 65.6 cm³/mol. The standard InChI is InChI=1S/C12H20N4/c1-2-8-16(10-11-4-3-5-14-11)12-9-13-6-7-15-12/h6-7,9,11,14H,2-5,8,10H2,1H3. The Hall–Kier alpha value is -1.16. The molecule has 0 bridgehead atoms. The molecular weight excluding hydrogens is 200 g/mol. The molecule has 0 saturated carbocycles. The Morgan fingerprint density at radius 1 is 1.50 bits per heavy atom. The molecule has 1 N–H and O–H groups in total. The monoisotopic (exact) mass is 220 g/mol. The van der Waals surface area contributed by atoms with Gasteiger partial charge in [-0.25, -0.2) is 4.98 Å². The molecule has 1 atom stereocenters. The van der Waals surface area contributed by atoms with Crippen molar-refractivity contribution >= 4 is 5.82 Å². The minimum Gasteiger partial charge on any atom is -0.354 e. The minimum absolute atomic E-state index is 0.619. The molecule has 1 aliphatic heterocycles. The van der Waals surface area contributed by atoms with E-state index in [1.165, 1.54) is 12.8 Å².